The van der Waals surface area contributed by atoms with Gasteiger partial charge in [0.15, 0.2) is 11.5 Å². The van der Waals surface area contributed by atoms with Crippen LogP contribution < -0.4 is 14.8 Å². The number of benzene rings is 2. The summed E-state index contributed by atoms with van der Waals surface area (Å²) >= 11 is 3.39. The second-order valence-corrected chi connectivity index (χ2v) is 7.46. The van der Waals surface area contributed by atoms with Crippen molar-refractivity contribution in [1.82, 2.24) is 10.2 Å². The number of nitrogens with one attached hydrogen (secondary N) is 1. The zero-order chi connectivity index (χ0) is 17.9. The molecule has 132 valence electrons. The highest BCUT2D eigenvalue weighted by Crippen LogP contribution is 2.36. The van der Waals surface area contributed by atoms with Crippen LogP contribution in [0.15, 0.2) is 52.1 Å². The van der Waals surface area contributed by atoms with E-state index in [1.165, 1.54) is 11.8 Å². The molecule has 1 aromatic heterocycles. The van der Waals surface area contributed by atoms with Gasteiger partial charge in [0.25, 0.3) is 5.22 Å². The summed E-state index contributed by atoms with van der Waals surface area (Å²) in [6.07, 6.45) is 0. The molecule has 0 bridgehead atoms. The van der Waals surface area contributed by atoms with Gasteiger partial charge in [-0.2, -0.15) is 0 Å². The van der Waals surface area contributed by atoms with Gasteiger partial charge in [-0.05, 0) is 65.1 Å². The normalized spacial score (nSPS) is 12.2. The molecular formula is C17H12IN3O4S. The van der Waals surface area contributed by atoms with Crippen LogP contribution in [0.4, 0.5) is 5.69 Å². The molecule has 0 saturated carbocycles. The first-order chi connectivity index (χ1) is 12.7. The van der Waals surface area contributed by atoms with Crippen molar-refractivity contribution in [3.63, 3.8) is 0 Å². The minimum atomic E-state index is -0.140. The van der Waals surface area contributed by atoms with E-state index in [0.717, 1.165) is 14.8 Å². The summed E-state index contributed by atoms with van der Waals surface area (Å²) in [7, 11) is 0. The molecule has 1 aliphatic rings. The van der Waals surface area contributed by atoms with Crippen molar-refractivity contribution >= 4 is 45.9 Å². The van der Waals surface area contributed by atoms with Crippen molar-refractivity contribution in [3.8, 4) is 23.0 Å². The Bertz CT molecular complexity index is 945. The zero-order valence-electron chi connectivity index (χ0n) is 13.3. The van der Waals surface area contributed by atoms with Crippen LogP contribution in [0.5, 0.6) is 11.5 Å². The third-order valence-electron chi connectivity index (χ3n) is 3.48. The summed E-state index contributed by atoms with van der Waals surface area (Å²) < 4.78 is 17.3. The highest BCUT2D eigenvalue weighted by molar-refractivity contribution is 14.1. The summed E-state index contributed by atoms with van der Waals surface area (Å²) in [4.78, 5) is 12.0. The number of aromatic nitrogens is 2. The fourth-order valence-electron chi connectivity index (χ4n) is 2.27. The van der Waals surface area contributed by atoms with E-state index in [-0.39, 0.29) is 18.5 Å². The second kappa shape index (κ2) is 7.54. The van der Waals surface area contributed by atoms with Gasteiger partial charge in [-0.3, -0.25) is 4.79 Å². The van der Waals surface area contributed by atoms with Crippen molar-refractivity contribution in [2.24, 2.45) is 0 Å². The first-order valence-corrected chi connectivity index (χ1v) is 9.65. The van der Waals surface area contributed by atoms with Crippen LogP contribution in [0.25, 0.3) is 11.5 Å². The minimum Gasteiger partial charge on any atom is -0.454 e. The standard InChI is InChI=1S/C17H12IN3O4S/c18-11-2-4-12(5-3-11)19-15(22)8-26-17-21-20-16(25-17)10-1-6-13-14(7-10)24-9-23-13/h1-7H,8-9H2,(H,19,22). The molecule has 1 N–H and O–H groups in total. The number of carbonyl (C=O) groups is 1. The molecular weight excluding hydrogens is 469 g/mol. The van der Waals surface area contributed by atoms with E-state index in [0.29, 0.717) is 22.6 Å². The number of fused-ring (bicyclic) bond motifs is 1. The molecule has 0 atom stereocenters. The van der Waals surface area contributed by atoms with E-state index in [1.54, 1.807) is 12.1 Å². The van der Waals surface area contributed by atoms with E-state index in [1.807, 2.05) is 30.3 Å². The number of halogens is 1. The van der Waals surface area contributed by atoms with Crippen molar-refractivity contribution in [2.45, 2.75) is 5.22 Å². The fourth-order valence-corrected chi connectivity index (χ4v) is 3.19. The second-order valence-electron chi connectivity index (χ2n) is 5.28. The van der Waals surface area contributed by atoms with Gasteiger partial charge in [-0.1, -0.05) is 11.8 Å². The molecule has 0 spiro atoms. The summed E-state index contributed by atoms with van der Waals surface area (Å²) in [5.41, 5.74) is 1.49. The van der Waals surface area contributed by atoms with Crippen molar-refractivity contribution in [1.29, 1.82) is 0 Å². The monoisotopic (exact) mass is 481 g/mol. The highest BCUT2D eigenvalue weighted by Gasteiger charge is 2.17. The Morgan fingerprint density at radius 1 is 1.12 bits per heavy atom. The maximum Gasteiger partial charge on any atom is 0.277 e. The van der Waals surface area contributed by atoms with Gasteiger partial charge in [-0.15, -0.1) is 10.2 Å². The Morgan fingerprint density at radius 2 is 1.92 bits per heavy atom. The molecule has 0 radical (unpaired) electrons. The van der Waals surface area contributed by atoms with Crippen LogP contribution in [0.1, 0.15) is 0 Å². The number of ether oxygens (including phenoxy) is 2. The minimum absolute atomic E-state index is 0.140. The SMILES string of the molecule is O=C(CSc1nnc(-c2ccc3c(c2)OCO3)o1)Nc1ccc(I)cc1. The number of thioether (sulfide) groups is 1. The lowest BCUT2D eigenvalue weighted by molar-refractivity contribution is -0.113. The van der Waals surface area contributed by atoms with Crippen molar-refractivity contribution < 1.29 is 18.7 Å². The van der Waals surface area contributed by atoms with Gasteiger partial charge >= 0.3 is 0 Å². The summed E-state index contributed by atoms with van der Waals surface area (Å²) in [5, 5.41) is 11.1. The number of hydrogen-bond donors (Lipinski definition) is 1. The molecule has 0 saturated heterocycles. The van der Waals surface area contributed by atoms with E-state index >= 15 is 0 Å². The third-order valence-corrected chi connectivity index (χ3v) is 5.02. The molecule has 1 amide bonds. The number of amides is 1. The van der Waals surface area contributed by atoms with Crippen LogP contribution in [-0.2, 0) is 4.79 Å². The molecule has 26 heavy (non-hydrogen) atoms. The topological polar surface area (TPSA) is 86.5 Å². The number of rotatable bonds is 5. The van der Waals surface area contributed by atoms with Gasteiger partial charge in [0.1, 0.15) is 0 Å². The molecule has 2 aromatic carbocycles. The molecule has 2 heterocycles. The number of hydrogen-bond acceptors (Lipinski definition) is 7. The van der Waals surface area contributed by atoms with Gasteiger partial charge in [0.2, 0.25) is 18.6 Å². The Morgan fingerprint density at radius 3 is 2.77 bits per heavy atom. The van der Waals surface area contributed by atoms with E-state index in [2.05, 4.69) is 38.1 Å². The van der Waals surface area contributed by atoms with Gasteiger partial charge in [-0.25, -0.2) is 0 Å². The van der Waals surface area contributed by atoms with E-state index in [9.17, 15) is 4.79 Å². The number of carbonyl (C=O) groups excluding carboxylic acids is 1. The summed E-state index contributed by atoms with van der Waals surface area (Å²) in [6, 6.07) is 13.0. The van der Waals surface area contributed by atoms with Crippen LogP contribution >= 0.6 is 34.4 Å². The lowest BCUT2D eigenvalue weighted by Crippen LogP contribution is -2.13. The lowest BCUT2D eigenvalue weighted by Gasteiger charge is -2.03. The van der Waals surface area contributed by atoms with Crippen LogP contribution in [0, 0.1) is 3.57 Å². The predicted octanol–water partition coefficient (Wildman–Crippen LogP) is 3.80. The average molecular weight is 481 g/mol. The fraction of sp³-hybridized carbons (Fsp3) is 0.118. The predicted molar refractivity (Wildman–Crippen MR) is 104 cm³/mol. The Balaban J connectivity index is 1.36. The molecule has 4 rings (SSSR count). The maximum atomic E-state index is 12.0. The zero-order valence-corrected chi connectivity index (χ0v) is 16.2. The molecule has 0 unspecified atom stereocenters. The Kier molecular flexibility index (Phi) is 4.98. The summed E-state index contributed by atoms with van der Waals surface area (Å²) in [5.74, 6) is 1.74. The van der Waals surface area contributed by atoms with E-state index in [4.69, 9.17) is 13.9 Å². The van der Waals surface area contributed by atoms with Gasteiger partial charge < -0.3 is 19.2 Å². The highest BCUT2D eigenvalue weighted by atomic mass is 127. The molecule has 0 fully saturated rings. The molecule has 1 aliphatic heterocycles. The lowest BCUT2D eigenvalue weighted by atomic mass is 10.2. The van der Waals surface area contributed by atoms with Crippen LogP contribution in [-0.4, -0.2) is 28.7 Å². The molecule has 0 aliphatic carbocycles. The maximum absolute atomic E-state index is 12.0. The Hall–Kier alpha value is -2.27. The average Bonchev–Trinajstić information content (AvgIpc) is 3.30. The van der Waals surface area contributed by atoms with Crippen molar-refractivity contribution in [2.75, 3.05) is 17.9 Å². The first-order valence-electron chi connectivity index (χ1n) is 7.59. The molecule has 7 nitrogen and oxygen atoms in total. The van der Waals surface area contributed by atoms with Gasteiger partial charge in [0, 0.05) is 14.8 Å². The largest absolute Gasteiger partial charge is 0.454 e. The Labute approximate surface area is 166 Å². The van der Waals surface area contributed by atoms with Gasteiger partial charge in [0.05, 0.1) is 5.75 Å². The number of nitrogens with zero attached hydrogens (tertiary/aromatic N) is 2. The summed E-state index contributed by atoms with van der Waals surface area (Å²) in [6.45, 7) is 0.208. The van der Waals surface area contributed by atoms with E-state index < -0.39 is 0 Å². The number of anilines is 1. The first kappa shape index (κ1) is 17.2. The third kappa shape index (κ3) is 3.93. The van der Waals surface area contributed by atoms with Crippen LogP contribution in [0.2, 0.25) is 0 Å². The quantitative estimate of drug-likeness (QED) is 0.438. The smallest absolute Gasteiger partial charge is 0.277 e. The molecule has 9 heteroatoms. The molecule has 3 aromatic rings. The van der Waals surface area contributed by atoms with Crippen LogP contribution in [0.3, 0.4) is 0 Å². The van der Waals surface area contributed by atoms with Crippen molar-refractivity contribution in [3.05, 3.63) is 46.0 Å².